The van der Waals surface area contributed by atoms with Crippen molar-refractivity contribution in [1.82, 2.24) is 0 Å². The highest BCUT2D eigenvalue weighted by atomic mass is 32.1. The fraction of sp³-hybridized carbons (Fsp3) is 0.900. The zero-order valence-corrected chi connectivity index (χ0v) is 10.1. The number of esters is 1. The van der Waals surface area contributed by atoms with E-state index in [1.165, 1.54) is 0 Å². The highest BCUT2D eigenvalue weighted by molar-refractivity contribution is 7.81. The second kappa shape index (κ2) is 11.8. The summed E-state index contributed by atoms with van der Waals surface area (Å²) in [5.41, 5.74) is 0. The molecule has 0 bridgehead atoms. The van der Waals surface area contributed by atoms with Gasteiger partial charge in [-0.05, 0) is 6.42 Å². The highest BCUT2D eigenvalue weighted by Gasteiger charge is 1.97. The molecule has 0 N–H and O–H groups in total. The zero-order valence-electron chi connectivity index (χ0n) is 9.24. The van der Waals surface area contributed by atoms with Crippen LogP contribution in [0, 0.1) is 0 Å². The van der Waals surface area contributed by atoms with Crippen LogP contribution in [-0.4, -0.2) is 44.8 Å². The summed E-state index contributed by atoms with van der Waals surface area (Å²) in [5, 5.41) is 0. The SMILES string of the molecule is CCCCOCCOCCOC(=O)CS. The molecule has 0 aliphatic rings. The molecule has 4 nitrogen and oxygen atoms in total. The van der Waals surface area contributed by atoms with E-state index in [0.29, 0.717) is 19.8 Å². The molecule has 0 aromatic heterocycles. The van der Waals surface area contributed by atoms with E-state index in [-0.39, 0.29) is 18.3 Å². The molecule has 15 heavy (non-hydrogen) atoms. The Balaban J connectivity index is 2.95. The van der Waals surface area contributed by atoms with Crippen molar-refractivity contribution in [2.45, 2.75) is 19.8 Å². The minimum absolute atomic E-state index is 0.111. The van der Waals surface area contributed by atoms with Gasteiger partial charge in [-0.15, -0.1) is 0 Å². The van der Waals surface area contributed by atoms with Crippen molar-refractivity contribution in [3.05, 3.63) is 0 Å². The Bertz CT molecular complexity index is 152. The molecule has 0 fully saturated rings. The summed E-state index contributed by atoms with van der Waals surface area (Å²) in [6, 6.07) is 0. The Morgan fingerprint density at radius 2 is 1.67 bits per heavy atom. The third-order valence-corrected chi connectivity index (χ3v) is 1.89. The van der Waals surface area contributed by atoms with Gasteiger partial charge in [-0.25, -0.2) is 0 Å². The maximum absolute atomic E-state index is 10.6. The summed E-state index contributed by atoms with van der Waals surface area (Å²) in [7, 11) is 0. The lowest BCUT2D eigenvalue weighted by Gasteiger charge is -2.05. The van der Waals surface area contributed by atoms with Crippen molar-refractivity contribution < 1.29 is 19.0 Å². The van der Waals surface area contributed by atoms with Gasteiger partial charge >= 0.3 is 5.97 Å². The van der Waals surface area contributed by atoms with Gasteiger partial charge in [0.1, 0.15) is 6.61 Å². The minimum Gasteiger partial charge on any atom is -0.463 e. The number of rotatable bonds is 10. The van der Waals surface area contributed by atoms with Crippen LogP contribution in [0.25, 0.3) is 0 Å². The Hall–Kier alpha value is -0.260. The molecule has 0 spiro atoms. The van der Waals surface area contributed by atoms with Gasteiger partial charge in [-0.3, -0.25) is 4.79 Å². The van der Waals surface area contributed by atoms with Crippen molar-refractivity contribution in [3.8, 4) is 0 Å². The quantitative estimate of drug-likeness (QED) is 0.353. The number of thiol groups is 1. The second-order valence-electron chi connectivity index (χ2n) is 2.96. The molecule has 0 unspecified atom stereocenters. The van der Waals surface area contributed by atoms with E-state index < -0.39 is 0 Å². The molecular formula is C10H20O4S. The lowest BCUT2D eigenvalue weighted by molar-refractivity contribution is -0.142. The van der Waals surface area contributed by atoms with Crippen LogP contribution in [0.4, 0.5) is 0 Å². The zero-order chi connectivity index (χ0) is 11.4. The van der Waals surface area contributed by atoms with Gasteiger partial charge in [-0.2, -0.15) is 12.6 Å². The van der Waals surface area contributed by atoms with Crippen LogP contribution in [0.1, 0.15) is 19.8 Å². The molecule has 0 saturated carbocycles. The predicted octanol–water partition coefficient (Wildman–Crippen LogP) is 1.29. The van der Waals surface area contributed by atoms with E-state index >= 15 is 0 Å². The Morgan fingerprint density at radius 3 is 2.27 bits per heavy atom. The van der Waals surface area contributed by atoms with Gasteiger partial charge in [0, 0.05) is 6.61 Å². The number of ether oxygens (including phenoxy) is 3. The van der Waals surface area contributed by atoms with Crippen LogP contribution in [0.3, 0.4) is 0 Å². The third kappa shape index (κ3) is 11.7. The van der Waals surface area contributed by atoms with Crippen LogP contribution in [-0.2, 0) is 19.0 Å². The molecule has 0 aromatic carbocycles. The van der Waals surface area contributed by atoms with Crippen LogP contribution in [0.2, 0.25) is 0 Å². The molecule has 0 atom stereocenters. The largest absolute Gasteiger partial charge is 0.463 e. The first-order chi connectivity index (χ1) is 7.31. The fourth-order valence-corrected chi connectivity index (χ4v) is 0.920. The number of carbonyl (C=O) groups is 1. The number of hydrogen-bond acceptors (Lipinski definition) is 5. The predicted molar refractivity (Wildman–Crippen MR) is 61.4 cm³/mol. The van der Waals surface area contributed by atoms with E-state index in [1.807, 2.05) is 0 Å². The van der Waals surface area contributed by atoms with Crippen LogP contribution in [0.15, 0.2) is 0 Å². The molecule has 0 aromatic rings. The smallest absolute Gasteiger partial charge is 0.315 e. The Kier molecular flexibility index (Phi) is 11.6. The van der Waals surface area contributed by atoms with E-state index in [0.717, 1.165) is 19.4 Å². The summed E-state index contributed by atoms with van der Waals surface area (Å²) < 4.78 is 15.2. The third-order valence-electron chi connectivity index (χ3n) is 1.63. The van der Waals surface area contributed by atoms with E-state index in [2.05, 4.69) is 19.6 Å². The molecule has 5 heteroatoms. The van der Waals surface area contributed by atoms with E-state index in [4.69, 9.17) is 14.2 Å². The molecule has 90 valence electrons. The average Bonchev–Trinajstić information content (AvgIpc) is 2.26. The van der Waals surface area contributed by atoms with Gasteiger partial charge in [0.15, 0.2) is 0 Å². The standard InChI is InChI=1S/C10H20O4S/c1-2-3-4-12-5-6-13-7-8-14-10(11)9-15/h15H,2-9H2,1H3. The maximum Gasteiger partial charge on any atom is 0.315 e. The summed E-state index contributed by atoms with van der Waals surface area (Å²) in [4.78, 5) is 10.6. The summed E-state index contributed by atoms with van der Waals surface area (Å²) in [6.45, 7) is 4.75. The Labute approximate surface area is 96.7 Å². The van der Waals surface area contributed by atoms with Crippen molar-refractivity contribution in [2.75, 3.05) is 38.8 Å². The molecular weight excluding hydrogens is 216 g/mol. The molecule has 0 aliphatic carbocycles. The second-order valence-corrected chi connectivity index (χ2v) is 3.27. The number of unbranched alkanes of at least 4 members (excludes halogenated alkanes) is 1. The van der Waals surface area contributed by atoms with Gasteiger partial charge < -0.3 is 14.2 Å². The van der Waals surface area contributed by atoms with Crippen LogP contribution < -0.4 is 0 Å². The highest BCUT2D eigenvalue weighted by Crippen LogP contribution is 1.88. The molecule has 0 aliphatic heterocycles. The molecule has 0 saturated heterocycles. The average molecular weight is 236 g/mol. The summed E-state index contributed by atoms with van der Waals surface area (Å²) in [5.74, 6) is -0.207. The Morgan fingerprint density at radius 1 is 1.07 bits per heavy atom. The maximum atomic E-state index is 10.6. The lowest BCUT2D eigenvalue weighted by Crippen LogP contribution is -2.13. The topological polar surface area (TPSA) is 44.8 Å². The molecule has 0 heterocycles. The van der Waals surface area contributed by atoms with Crippen molar-refractivity contribution in [3.63, 3.8) is 0 Å². The van der Waals surface area contributed by atoms with Gasteiger partial charge in [0.05, 0.1) is 25.6 Å². The van der Waals surface area contributed by atoms with E-state index in [1.54, 1.807) is 0 Å². The van der Waals surface area contributed by atoms with Gasteiger partial charge in [0.25, 0.3) is 0 Å². The van der Waals surface area contributed by atoms with Gasteiger partial charge in [0.2, 0.25) is 0 Å². The lowest BCUT2D eigenvalue weighted by atomic mass is 10.4. The number of hydrogen-bond donors (Lipinski definition) is 1. The minimum atomic E-state index is -0.318. The first-order valence-corrected chi connectivity index (χ1v) is 5.86. The first-order valence-electron chi connectivity index (χ1n) is 5.23. The number of carbonyl (C=O) groups excluding carboxylic acids is 1. The van der Waals surface area contributed by atoms with Crippen molar-refractivity contribution >= 4 is 18.6 Å². The van der Waals surface area contributed by atoms with E-state index in [9.17, 15) is 4.79 Å². The monoisotopic (exact) mass is 236 g/mol. The summed E-state index contributed by atoms with van der Waals surface area (Å²) in [6.07, 6.45) is 2.22. The first kappa shape index (κ1) is 14.7. The van der Waals surface area contributed by atoms with Crippen molar-refractivity contribution in [1.29, 1.82) is 0 Å². The normalized spacial score (nSPS) is 10.3. The molecule has 0 radical (unpaired) electrons. The fourth-order valence-electron chi connectivity index (χ4n) is 0.828. The van der Waals surface area contributed by atoms with Crippen molar-refractivity contribution in [2.24, 2.45) is 0 Å². The van der Waals surface area contributed by atoms with Crippen LogP contribution in [0.5, 0.6) is 0 Å². The van der Waals surface area contributed by atoms with Gasteiger partial charge in [-0.1, -0.05) is 13.3 Å². The van der Waals surface area contributed by atoms with Crippen LogP contribution >= 0.6 is 12.6 Å². The molecule has 0 rings (SSSR count). The summed E-state index contributed by atoms with van der Waals surface area (Å²) >= 11 is 3.77. The molecule has 0 amide bonds.